The summed E-state index contributed by atoms with van der Waals surface area (Å²) in [5, 5.41) is 2.62. The monoisotopic (exact) mass is 594 g/mol. The normalized spacial score (nSPS) is 23.4. The van der Waals surface area contributed by atoms with Crippen LogP contribution in [0.5, 0.6) is 0 Å². The Bertz CT molecular complexity index is 1590. The van der Waals surface area contributed by atoms with Gasteiger partial charge >= 0.3 is 11.9 Å². The number of fused-ring (bicyclic) bond motifs is 5. The number of hydrogen-bond donors (Lipinski definition) is 1. The molecule has 0 spiro atoms. The summed E-state index contributed by atoms with van der Waals surface area (Å²) in [6.45, 7) is 1.82. The number of carbonyl (C=O) groups is 5. The molecule has 3 aromatic rings. The van der Waals surface area contributed by atoms with Crippen molar-refractivity contribution in [2.45, 2.75) is 38.5 Å². The summed E-state index contributed by atoms with van der Waals surface area (Å²) in [5.41, 5.74) is 2.47. The van der Waals surface area contributed by atoms with Crippen molar-refractivity contribution < 1.29 is 33.4 Å². The van der Waals surface area contributed by atoms with E-state index in [-0.39, 0.29) is 47.0 Å². The minimum Gasteiger partial charge on any atom is -0.462 e. The van der Waals surface area contributed by atoms with Crippen molar-refractivity contribution in [3.8, 4) is 0 Å². The molecule has 226 valence electrons. The first kappa shape index (κ1) is 29.3. The zero-order chi connectivity index (χ0) is 30.8. The number of ether oxygens (including phenoxy) is 2. The van der Waals surface area contributed by atoms with Gasteiger partial charge < -0.3 is 14.8 Å². The molecule has 0 radical (unpaired) electrons. The molecule has 3 aromatic carbocycles. The minimum atomic E-state index is -0.754. The van der Waals surface area contributed by atoms with Gasteiger partial charge in [-0.2, -0.15) is 0 Å². The van der Waals surface area contributed by atoms with Crippen LogP contribution >= 0.6 is 0 Å². The molecule has 1 heterocycles. The number of rotatable bonds is 10. The molecule has 1 N–H and O–H groups in total. The van der Waals surface area contributed by atoms with Gasteiger partial charge in [0.15, 0.2) is 6.61 Å². The van der Waals surface area contributed by atoms with Gasteiger partial charge in [0.2, 0.25) is 11.8 Å². The summed E-state index contributed by atoms with van der Waals surface area (Å²) in [6, 6.07) is 22.6. The zero-order valence-electron chi connectivity index (χ0n) is 24.4. The van der Waals surface area contributed by atoms with E-state index in [1.807, 2.05) is 25.1 Å². The molecule has 5 atom stereocenters. The highest BCUT2D eigenvalue weighted by Crippen LogP contribution is 2.61. The minimum absolute atomic E-state index is 0.122. The Labute approximate surface area is 255 Å². The van der Waals surface area contributed by atoms with Gasteiger partial charge in [-0.05, 0) is 85.0 Å². The van der Waals surface area contributed by atoms with Crippen molar-refractivity contribution in [1.82, 2.24) is 0 Å². The number of hydrogen-bond acceptors (Lipinski definition) is 7. The molecule has 1 aliphatic heterocycles. The second-order valence-corrected chi connectivity index (χ2v) is 11.7. The molecule has 0 unspecified atom stereocenters. The topological polar surface area (TPSA) is 119 Å². The predicted octanol–water partition coefficient (Wildman–Crippen LogP) is 5.37. The third kappa shape index (κ3) is 5.62. The third-order valence-electron chi connectivity index (χ3n) is 9.05. The fourth-order valence-electron chi connectivity index (χ4n) is 7.06. The lowest BCUT2D eigenvalue weighted by molar-refractivity contribution is -0.123. The van der Waals surface area contributed by atoms with Crippen molar-refractivity contribution in [3.63, 3.8) is 0 Å². The van der Waals surface area contributed by atoms with Crippen LogP contribution in [0.1, 0.15) is 64.8 Å². The molecule has 9 heteroatoms. The lowest BCUT2D eigenvalue weighted by Crippen LogP contribution is -2.33. The Hall–Kier alpha value is -4.79. The molecule has 2 saturated carbocycles. The first-order chi connectivity index (χ1) is 21.4. The van der Waals surface area contributed by atoms with Crippen molar-refractivity contribution in [2.24, 2.45) is 23.7 Å². The largest absolute Gasteiger partial charge is 0.462 e. The van der Waals surface area contributed by atoms with Crippen LogP contribution < -0.4 is 10.2 Å². The number of esters is 2. The first-order valence-electron chi connectivity index (χ1n) is 15.1. The maximum atomic E-state index is 13.7. The van der Waals surface area contributed by atoms with E-state index in [9.17, 15) is 24.0 Å². The standard InChI is InChI=1S/C35H34N2O7/c1-2-3-16-43-34(41)22-12-14-25(15-13-22)36-29(38)20-44-35(42)23-10-7-11-26(17-23)37-32(39)30-24-18-27(21-8-5-4-6-9-21)28(19-24)31(30)33(37)40/h4-15,17,24,27-28,30-31H,2-3,16,18-20H2,1H3,(H,36,38)/t24-,27+,28+,30+,31+/m0/s1. The summed E-state index contributed by atoms with van der Waals surface area (Å²) in [7, 11) is 0. The number of nitrogens with one attached hydrogen (secondary N) is 1. The Morgan fingerprint density at radius 1 is 0.818 bits per heavy atom. The van der Waals surface area contributed by atoms with Crippen LogP contribution in [0.4, 0.5) is 11.4 Å². The van der Waals surface area contributed by atoms with E-state index in [0.717, 1.165) is 25.7 Å². The van der Waals surface area contributed by atoms with Crippen LogP contribution in [0.15, 0.2) is 78.9 Å². The van der Waals surface area contributed by atoms with Gasteiger partial charge in [-0.3, -0.25) is 19.3 Å². The number of carbonyl (C=O) groups excluding carboxylic acids is 5. The predicted molar refractivity (Wildman–Crippen MR) is 162 cm³/mol. The SMILES string of the molecule is CCCCOC(=O)c1ccc(NC(=O)COC(=O)c2cccc(N3C(=O)[C@@H]4[C@@H]5C[C@@H]([C@H]4C3=O)[C@@H](c3ccccc3)C5)c2)cc1. The molecule has 6 rings (SSSR count). The quantitative estimate of drug-likeness (QED) is 0.190. The van der Waals surface area contributed by atoms with Crippen molar-refractivity contribution in [2.75, 3.05) is 23.4 Å². The van der Waals surface area contributed by atoms with Crippen LogP contribution in [0, 0.1) is 23.7 Å². The second kappa shape index (κ2) is 12.4. The molecule has 1 saturated heterocycles. The highest BCUT2D eigenvalue weighted by atomic mass is 16.5. The fourth-order valence-corrected chi connectivity index (χ4v) is 7.06. The highest BCUT2D eigenvalue weighted by molar-refractivity contribution is 6.23. The highest BCUT2D eigenvalue weighted by Gasteiger charge is 2.64. The van der Waals surface area contributed by atoms with Crippen LogP contribution in [0.2, 0.25) is 0 Å². The van der Waals surface area contributed by atoms with Crippen LogP contribution in [-0.2, 0) is 23.9 Å². The molecule has 3 amide bonds. The van der Waals surface area contributed by atoms with Crippen molar-refractivity contribution >= 4 is 41.0 Å². The average Bonchev–Trinajstić information content (AvgIpc) is 3.71. The van der Waals surface area contributed by atoms with Crippen molar-refractivity contribution in [3.05, 3.63) is 95.6 Å². The molecular formula is C35H34N2O7. The van der Waals surface area contributed by atoms with Gasteiger partial charge in [0, 0.05) is 5.69 Å². The van der Waals surface area contributed by atoms with Crippen molar-refractivity contribution in [1.29, 1.82) is 0 Å². The third-order valence-corrected chi connectivity index (χ3v) is 9.05. The van der Waals surface area contributed by atoms with E-state index in [0.29, 0.717) is 23.5 Å². The second-order valence-electron chi connectivity index (χ2n) is 11.7. The lowest BCUT2D eigenvalue weighted by Gasteiger charge is -2.28. The van der Waals surface area contributed by atoms with E-state index in [2.05, 4.69) is 17.4 Å². The van der Waals surface area contributed by atoms with Crippen LogP contribution in [0.25, 0.3) is 0 Å². The number of nitrogens with zero attached hydrogens (tertiary/aromatic N) is 1. The van der Waals surface area contributed by atoms with Gasteiger partial charge in [0.25, 0.3) is 5.91 Å². The lowest BCUT2D eigenvalue weighted by atomic mass is 9.73. The number of unbranched alkanes of at least 4 members (excludes halogenated alkanes) is 1. The molecule has 0 aromatic heterocycles. The number of amides is 3. The molecule has 2 bridgehead atoms. The van der Waals surface area contributed by atoms with E-state index < -0.39 is 24.5 Å². The van der Waals surface area contributed by atoms with Gasteiger partial charge in [-0.1, -0.05) is 49.7 Å². The summed E-state index contributed by atoms with van der Waals surface area (Å²) in [5.74, 6) is -2.30. The Kier molecular flexibility index (Phi) is 8.28. The summed E-state index contributed by atoms with van der Waals surface area (Å²) < 4.78 is 10.4. The zero-order valence-corrected chi connectivity index (χ0v) is 24.4. The molecule has 3 fully saturated rings. The number of benzene rings is 3. The smallest absolute Gasteiger partial charge is 0.338 e. The van der Waals surface area contributed by atoms with E-state index in [4.69, 9.17) is 9.47 Å². The summed E-state index contributed by atoms with van der Waals surface area (Å²) in [6.07, 6.45) is 3.48. The van der Waals surface area contributed by atoms with Crippen LogP contribution in [-0.4, -0.2) is 42.9 Å². The molecule has 9 nitrogen and oxygen atoms in total. The number of imide groups is 1. The average molecular weight is 595 g/mol. The fraction of sp³-hybridized carbons (Fsp3) is 0.343. The Balaban J connectivity index is 1.06. The Morgan fingerprint density at radius 3 is 2.30 bits per heavy atom. The molecule has 44 heavy (non-hydrogen) atoms. The van der Waals surface area contributed by atoms with E-state index in [1.54, 1.807) is 36.4 Å². The van der Waals surface area contributed by atoms with Gasteiger partial charge in [0.05, 0.1) is 35.3 Å². The maximum absolute atomic E-state index is 13.7. The van der Waals surface area contributed by atoms with E-state index in [1.165, 1.54) is 22.6 Å². The maximum Gasteiger partial charge on any atom is 0.338 e. The molecular weight excluding hydrogens is 560 g/mol. The van der Waals surface area contributed by atoms with Gasteiger partial charge in [-0.15, -0.1) is 0 Å². The van der Waals surface area contributed by atoms with Crippen LogP contribution in [0.3, 0.4) is 0 Å². The van der Waals surface area contributed by atoms with Gasteiger partial charge in [-0.25, -0.2) is 9.59 Å². The van der Waals surface area contributed by atoms with E-state index >= 15 is 0 Å². The number of anilines is 2. The molecule has 2 aliphatic carbocycles. The Morgan fingerprint density at radius 2 is 1.55 bits per heavy atom. The summed E-state index contributed by atoms with van der Waals surface area (Å²) >= 11 is 0. The first-order valence-corrected chi connectivity index (χ1v) is 15.1. The van der Waals surface area contributed by atoms with Gasteiger partial charge in [0.1, 0.15) is 0 Å². The molecule has 3 aliphatic rings. The summed E-state index contributed by atoms with van der Waals surface area (Å²) in [4.78, 5) is 65.7.